The first-order chi connectivity index (χ1) is 12.6. The molecule has 4 rings (SSSR count). The molecule has 3 aromatic rings. The zero-order chi connectivity index (χ0) is 18.3. The Labute approximate surface area is 153 Å². The van der Waals surface area contributed by atoms with Crippen LogP contribution < -0.4 is 19.3 Å². The molecule has 6 heteroatoms. The number of ether oxygens (including phenoxy) is 2. The lowest BCUT2D eigenvalue weighted by Crippen LogP contribution is -2.16. The summed E-state index contributed by atoms with van der Waals surface area (Å²) < 4.78 is 10.9. The van der Waals surface area contributed by atoms with Crippen LogP contribution in [0.1, 0.15) is 11.1 Å². The SMILES string of the molecule is COc1cc2ncnc(N3Cc4ccc(N(C)C)cc4C3)c2cc1OC. The van der Waals surface area contributed by atoms with Gasteiger partial charge in [-0.1, -0.05) is 6.07 Å². The van der Waals surface area contributed by atoms with Crippen molar-refractivity contribution < 1.29 is 9.47 Å². The minimum atomic E-state index is 0.671. The van der Waals surface area contributed by atoms with E-state index in [0.717, 1.165) is 29.8 Å². The van der Waals surface area contributed by atoms with Crippen LogP contribution in [-0.4, -0.2) is 38.3 Å². The van der Waals surface area contributed by atoms with Gasteiger partial charge in [-0.15, -0.1) is 0 Å². The molecule has 0 aliphatic carbocycles. The summed E-state index contributed by atoms with van der Waals surface area (Å²) in [5.74, 6) is 2.27. The van der Waals surface area contributed by atoms with Crippen molar-refractivity contribution in [2.24, 2.45) is 0 Å². The van der Waals surface area contributed by atoms with Crippen molar-refractivity contribution in [3.05, 3.63) is 47.8 Å². The summed E-state index contributed by atoms with van der Waals surface area (Å²) in [6, 6.07) is 10.5. The normalized spacial score (nSPS) is 13.0. The molecule has 134 valence electrons. The molecule has 0 saturated carbocycles. The lowest BCUT2D eigenvalue weighted by Gasteiger charge is -2.19. The topological polar surface area (TPSA) is 50.7 Å². The van der Waals surface area contributed by atoms with Gasteiger partial charge in [0.05, 0.1) is 19.7 Å². The van der Waals surface area contributed by atoms with E-state index in [4.69, 9.17) is 9.47 Å². The second-order valence-corrected chi connectivity index (χ2v) is 6.63. The lowest BCUT2D eigenvalue weighted by molar-refractivity contribution is 0.356. The van der Waals surface area contributed by atoms with Gasteiger partial charge in [-0.2, -0.15) is 0 Å². The van der Waals surface area contributed by atoms with Gasteiger partial charge in [0, 0.05) is 44.3 Å². The van der Waals surface area contributed by atoms with Gasteiger partial charge in [-0.3, -0.25) is 0 Å². The number of fused-ring (bicyclic) bond motifs is 2. The van der Waals surface area contributed by atoms with Crippen LogP contribution in [0.25, 0.3) is 10.9 Å². The Bertz CT molecular complexity index is 971. The van der Waals surface area contributed by atoms with E-state index in [1.54, 1.807) is 20.5 Å². The Kier molecular flexibility index (Phi) is 4.03. The van der Waals surface area contributed by atoms with E-state index >= 15 is 0 Å². The van der Waals surface area contributed by atoms with Gasteiger partial charge in [0.15, 0.2) is 11.5 Å². The Hall–Kier alpha value is -3.02. The highest BCUT2D eigenvalue weighted by Gasteiger charge is 2.23. The van der Waals surface area contributed by atoms with Gasteiger partial charge in [-0.05, 0) is 29.3 Å². The smallest absolute Gasteiger partial charge is 0.162 e. The second kappa shape index (κ2) is 6.37. The quantitative estimate of drug-likeness (QED) is 0.720. The molecule has 2 heterocycles. The molecule has 6 nitrogen and oxygen atoms in total. The van der Waals surface area contributed by atoms with Crippen LogP contribution in [-0.2, 0) is 13.1 Å². The Balaban J connectivity index is 1.75. The number of anilines is 2. The fraction of sp³-hybridized carbons (Fsp3) is 0.300. The minimum Gasteiger partial charge on any atom is -0.493 e. The van der Waals surface area contributed by atoms with Crippen molar-refractivity contribution in [2.45, 2.75) is 13.1 Å². The molecule has 0 atom stereocenters. The van der Waals surface area contributed by atoms with Gasteiger partial charge in [-0.25, -0.2) is 9.97 Å². The molecule has 26 heavy (non-hydrogen) atoms. The molecule has 1 aromatic heterocycles. The highest BCUT2D eigenvalue weighted by Crippen LogP contribution is 2.37. The van der Waals surface area contributed by atoms with Crippen molar-refractivity contribution >= 4 is 22.4 Å². The molecule has 0 bridgehead atoms. The highest BCUT2D eigenvalue weighted by atomic mass is 16.5. The second-order valence-electron chi connectivity index (χ2n) is 6.63. The van der Waals surface area contributed by atoms with E-state index in [1.807, 2.05) is 12.1 Å². The van der Waals surface area contributed by atoms with Gasteiger partial charge in [0.25, 0.3) is 0 Å². The number of aromatic nitrogens is 2. The van der Waals surface area contributed by atoms with Gasteiger partial charge >= 0.3 is 0 Å². The standard InChI is InChI=1S/C20H22N4O2/c1-23(2)15-6-5-13-10-24(11-14(13)7-15)20-16-8-18(25-3)19(26-4)9-17(16)21-12-22-20/h5-9,12H,10-11H2,1-4H3. The summed E-state index contributed by atoms with van der Waals surface area (Å²) in [6.45, 7) is 1.67. The van der Waals surface area contributed by atoms with Crippen molar-refractivity contribution in [3.63, 3.8) is 0 Å². The van der Waals surface area contributed by atoms with Crippen molar-refractivity contribution in [1.29, 1.82) is 0 Å². The first-order valence-corrected chi connectivity index (χ1v) is 8.51. The molecule has 1 aliphatic heterocycles. The summed E-state index contributed by atoms with van der Waals surface area (Å²) in [4.78, 5) is 13.4. The fourth-order valence-electron chi connectivity index (χ4n) is 3.43. The molecular weight excluding hydrogens is 328 g/mol. The van der Waals surface area contributed by atoms with Crippen LogP contribution in [0.4, 0.5) is 11.5 Å². The molecule has 2 aromatic carbocycles. The third-order valence-electron chi connectivity index (χ3n) is 4.85. The van der Waals surface area contributed by atoms with Gasteiger partial charge < -0.3 is 19.3 Å². The number of rotatable bonds is 4. The monoisotopic (exact) mass is 350 g/mol. The molecule has 0 fully saturated rings. The molecule has 0 amide bonds. The van der Waals surface area contributed by atoms with Crippen LogP contribution >= 0.6 is 0 Å². The minimum absolute atomic E-state index is 0.671. The number of nitrogens with zero attached hydrogens (tertiary/aromatic N) is 4. The van der Waals surface area contributed by atoms with Gasteiger partial charge in [0.2, 0.25) is 0 Å². The zero-order valence-electron chi connectivity index (χ0n) is 15.5. The van der Waals surface area contributed by atoms with Crippen LogP contribution in [0.15, 0.2) is 36.7 Å². The molecule has 0 N–H and O–H groups in total. The Morgan fingerprint density at radius 1 is 0.923 bits per heavy atom. The van der Waals surface area contributed by atoms with Crippen LogP contribution in [0.5, 0.6) is 11.5 Å². The molecule has 0 unspecified atom stereocenters. The van der Waals surface area contributed by atoms with E-state index in [2.05, 4.69) is 52.1 Å². The number of hydrogen-bond donors (Lipinski definition) is 0. The van der Waals surface area contributed by atoms with Crippen LogP contribution in [0.2, 0.25) is 0 Å². The first-order valence-electron chi connectivity index (χ1n) is 8.51. The molecule has 0 radical (unpaired) electrons. The summed E-state index contributed by atoms with van der Waals surface area (Å²) in [7, 11) is 7.39. The largest absolute Gasteiger partial charge is 0.493 e. The fourth-order valence-corrected chi connectivity index (χ4v) is 3.43. The average Bonchev–Trinajstić information content (AvgIpc) is 3.09. The predicted molar refractivity (Wildman–Crippen MR) is 103 cm³/mol. The zero-order valence-corrected chi connectivity index (χ0v) is 15.5. The Morgan fingerprint density at radius 2 is 1.65 bits per heavy atom. The summed E-state index contributed by atoms with van der Waals surface area (Å²) in [6.07, 6.45) is 1.61. The Morgan fingerprint density at radius 3 is 2.38 bits per heavy atom. The van der Waals surface area contributed by atoms with E-state index in [1.165, 1.54) is 16.8 Å². The molecule has 0 spiro atoms. The average molecular weight is 350 g/mol. The summed E-state index contributed by atoms with van der Waals surface area (Å²) in [5.41, 5.74) is 4.73. The number of benzene rings is 2. The van der Waals surface area contributed by atoms with Crippen molar-refractivity contribution in [1.82, 2.24) is 9.97 Å². The number of methoxy groups -OCH3 is 2. The third-order valence-corrected chi connectivity index (χ3v) is 4.85. The van der Waals surface area contributed by atoms with Crippen LogP contribution in [0, 0.1) is 0 Å². The van der Waals surface area contributed by atoms with Crippen LogP contribution in [0.3, 0.4) is 0 Å². The van der Waals surface area contributed by atoms with E-state index in [0.29, 0.717) is 11.5 Å². The van der Waals surface area contributed by atoms with E-state index in [-0.39, 0.29) is 0 Å². The summed E-state index contributed by atoms with van der Waals surface area (Å²) >= 11 is 0. The highest BCUT2D eigenvalue weighted by molar-refractivity contribution is 5.92. The maximum Gasteiger partial charge on any atom is 0.162 e. The van der Waals surface area contributed by atoms with Crippen molar-refractivity contribution in [2.75, 3.05) is 38.1 Å². The molecular formula is C20H22N4O2. The maximum atomic E-state index is 5.46. The van der Waals surface area contributed by atoms with E-state index < -0.39 is 0 Å². The number of hydrogen-bond acceptors (Lipinski definition) is 6. The third kappa shape index (κ3) is 2.67. The molecule has 0 saturated heterocycles. The predicted octanol–water partition coefficient (Wildman–Crippen LogP) is 3.23. The van der Waals surface area contributed by atoms with Crippen molar-refractivity contribution in [3.8, 4) is 11.5 Å². The summed E-state index contributed by atoms with van der Waals surface area (Å²) in [5, 5.41) is 0.964. The maximum absolute atomic E-state index is 5.46. The first kappa shape index (κ1) is 16.4. The van der Waals surface area contributed by atoms with Gasteiger partial charge in [0.1, 0.15) is 12.1 Å². The lowest BCUT2D eigenvalue weighted by atomic mass is 10.1. The van der Waals surface area contributed by atoms with E-state index in [9.17, 15) is 0 Å². The molecule has 1 aliphatic rings.